The van der Waals surface area contributed by atoms with Gasteiger partial charge < -0.3 is 4.79 Å². The lowest BCUT2D eigenvalue weighted by Crippen LogP contribution is -2.29. The van der Waals surface area contributed by atoms with Gasteiger partial charge >= 0.3 is 0 Å². The average molecular weight is 194 g/mol. The van der Waals surface area contributed by atoms with Crippen molar-refractivity contribution in [1.29, 1.82) is 0 Å². The predicted molar refractivity (Wildman–Crippen MR) is 54.5 cm³/mol. The van der Waals surface area contributed by atoms with Gasteiger partial charge in [-0.25, -0.2) is 5.84 Å². The lowest BCUT2D eigenvalue weighted by Gasteiger charge is -1.95. The van der Waals surface area contributed by atoms with Gasteiger partial charge in [-0.3, -0.25) is 10.2 Å². The zero-order valence-electron chi connectivity index (χ0n) is 8.28. The maximum absolute atomic E-state index is 10.8. The first-order valence-electron chi connectivity index (χ1n) is 4.11. The largest absolute Gasteiger partial charge is 0.300 e. The van der Waals surface area contributed by atoms with E-state index in [1.165, 1.54) is 13.8 Å². The second-order valence-electron chi connectivity index (χ2n) is 2.75. The van der Waals surface area contributed by atoms with Crippen molar-refractivity contribution < 1.29 is 9.59 Å². The second kappa shape index (κ2) is 6.80. The van der Waals surface area contributed by atoms with Gasteiger partial charge in [0.25, 0.3) is 5.91 Å². The third kappa shape index (κ3) is 5.91. The van der Waals surface area contributed by atoms with Crippen LogP contribution in [0.25, 0.3) is 0 Å². The summed E-state index contributed by atoms with van der Waals surface area (Å²) in [6.07, 6.45) is 0. The first-order valence-corrected chi connectivity index (χ1v) is 4.11. The standard InChI is InChI=1S/C7H8N2O.C3H6O/c8-9-7(10)6-4-2-1-3-5-6;1-3(2)4/h1-5H,8H2,(H,9,10);1-2H3. The maximum Gasteiger partial charge on any atom is 0.265 e. The smallest absolute Gasteiger partial charge is 0.265 e. The van der Waals surface area contributed by atoms with E-state index in [-0.39, 0.29) is 11.7 Å². The number of nitrogens with one attached hydrogen (secondary N) is 1. The third-order valence-electron chi connectivity index (χ3n) is 1.17. The summed E-state index contributed by atoms with van der Waals surface area (Å²) in [7, 11) is 0. The molecule has 0 aliphatic rings. The highest BCUT2D eigenvalue weighted by Crippen LogP contribution is 1.95. The zero-order chi connectivity index (χ0) is 11.0. The molecule has 14 heavy (non-hydrogen) atoms. The lowest BCUT2D eigenvalue weighted by atomic mass is 10.2. The molecule has 0 spiro atoms. The van der Waals surface area contributed by atoms with Gasteiger partial charge in [0.15, 0.2) is 0 Å². The van der Waals surface area contributed by atoms with Crippen molar-refractivity contribution in [1.82, 2.24) is 5.43 Å². The molecule has 3 N–H and O–H groups in total. The van der Waals surface area contributed by atoms with Crippen molar-refractivity contribution in [2.45, 2.75) is 13.8 Å². The molecule has 0 unspecified atom stereocenters. The van der Waals surface area contributed by atoms with Crippen molar-refractivity contribution >= 4 is 11.7 Å². The Morgan fingerprint density at radius 2 is 1.57 bits per heavy atom. The monoisotopic (exact) mass is 194 g/mol. The summed E-state index contributed by atoms with van der Waals surface area (Å²) in [4.78, 5) is 20.2. The number of hydrazine groups is 1. The molecule has 0 fully saturated rings. The molecule has 0 radical (unpaired) electrons. The molecule has 0 saturated carbocycles. The van der Waals surface area contributed by atoms with Gasteiger partial charge in [0.1, 0.15) is 5.78 Å². The fraction of sp³-hybridized carbons (Fsp3) is 0.200. The van der Waals surface area contributed by atoms with Gasteiger partial charge in [-0.15, -0.1) is 0 Å². The molecule has 1 amide bonds. The van der Waals surface area contributed by atoms with Crippen LogP contribution in [0.1, 0.15) is 24.2 Å². The average Bonchev–Trinajstić information content (AvgIpc) is 2.17. The van der Waals surface area contributed by atoms with Crippen molar-refractivity contribution in [2.24, 2.45) is 5.84 Å². The normalized spacial score (nSPS) is 8.21. The zero-order valence-corrected chi connectivity index (χ0v) is 8.28. The Labute approximate surface area is 83.1 Å². The van der Waals surface area contributed by atoms with E-state index in [0.29, 0.717) is 5.56 Å². The summed E-state index contributed by atoms with van der Waals surface area (Å²) in [5, 5.41) is 0. The van der Waals surface area contributed by atoms with Crippen LogP contribution >= 0.6 is 0 Å². The van der Waals surface area contributed by atoms with E-state index in [0.717, 1.165) is 0 Å². The molecule has 0 aliphatic carbocycles. The van der Waals surface area contributed by atoms with Gasteiger partial charge in [0.2, 0.25) is 0 Å². The molecular formula is C10H14N2O2. The molecular weight excluding hydrogens is 180 g/mol. The fourth-order valence-electron chi connectivity index (χ4n) is 0.673. The number of nitrogens with two attached hydrogens (primary N) is 1. The van der Waals surface area contributed by atoms with E-state index < -0.39 is 0 Å². The van der Waals surface area contributed by atoms with Gasteiger partial charge in [-0.2, -0.15) is 0 Å². The van der Waals surface area contributed by atoms with E-state index in [2.05, 4.69) is 0 Å². The molecule has 1 rings (SSSR count). The second-order valence-corrected chi connectivity index (χ2v) is 2.75. The molecule has 76 valence electrons. The van der Waals surface area contributed by atoms with E-state index in [1.807, 2.05) is 11.5 Å². The van der Waals surface area contributed by atoms with E-state index in [1.54, 1.807) is 24.3 Å². The van der Waals surface area contributed by atoms with Crippen LogP contribution in [0.3, 0.4) is 0 Å². The molecule has 0 atom stereocenters. The Kier molecular flexibility index (Phi) is 5.98. The van der Waals surface area contributed by atoms with Crippen LogP contribution in [0, 0.1) is 0 Å². The van der Waals surface area contributed by atoms with Crippen LogP contribution in [-0.4, -0.2) is 11.7 Å². The van der Waals surface area contributed by atoms with Gasteiger partial charge in [-0.1, -0.05) is 18.2 Å². The van der Waals surface area contributed by atoms with Crippen LogP contribution < -0.4 is 11.3 Å². The van der Waals surface area contributed by atoms with Crippen molar-refractivity contribution in [3.05, 3.63) is 35.9 Å². The summed E-state index contributed by atoms with van der Waals surface area (Å²) in [5.41, 5.74) is 2.62. The lowest BCUT2D eigenvalue weighted by molar-refractivity contribution is -0.114. The molecule has 0 aromatic heterocycles. The molecule has 0 aliphatic heterocycles. The highest BCUT2D eigenvalue weighted by molar-refractivity contribution is 5.93. The number of rotatable bonds is 1. The summed E-state index contributed by atoms with van der Waals surface area (Å²) in [5.74, 6) is 4.81. The Bertz CT molecular complexity index is 292. The first kappa shape index (κ1) is 12.3. The summed E-state index contributed by atoms with van der Waals surface area (Å²) in [6.45, 7) is 3.06. The van der Waals surface area contributed by atoms with E-state index >= 15 is 0 Å². The molecule has 0 saturated heterocycles. The minimum absolute atomic E-state index is 0.167. The number of hydrogen-bond acceptors (Lipinski definition) is 3. The summed E-state index contributed by atoms with van der Waals surface area (Å²) in [6, 6.07) is 8.80. The molecule has 0 bridgehead atoms. The minimum Gasteiger partial charge on any atom is -0.300 e. The van der Waals surface area contributed by atoms with Crippen molar-refractivity contribution in [3.63, 3.8) is 0 Å². The number of Topliss-reactive ketones (excluding diaryl/α,β-unsaturated/α-hetero) is 1. The van der Waals surface area contributed by atoms with Gasteiger partial charge in [0, 0.05) is 5.56 Å². The van der Waals surface area contributed by atoms with E-state index in [9.17, 15) is 9.59 Å². The topological polar surface area (TPSA) is 72.2 Å². The Balaban J connectivity index is 0.000000364. The Hall–Kier alpha value is -1.68. The van der Waals surface area contributed by atoms with Crippen LogP contribution in [0.5, 0.6) is 0 Å². The highest BCUT2D eigenvalue weighted by atomic mass is 16.2. The Morgan fingerprint density at radius 3 is 1.93 bits per heavy atom. The van der Waals surface area contributed by atoms with Crippen molar-refractivity contribution in [3.8, 4) is 0 Å². The van der Waals surface area contributed by atoms with Crippen LogP contribution in [0.4, 0.5) is 0 Å². The maximum atomic E-state index is 10.8. The number of amides is 1. The first-order chi connectivity index (χ1) is 6.57. The number of carbonyl (C=O) groups is 2. The SMILES string of the molecule is CC(C)=O.NNC(=O)c1ccccc1. The third-order valence-corrected chi connectivity index (χ3v) is 1.17. The minimum atomic E-state index is -0.263. The predicted octanol–water partition coefficient (Wildman–Crippen LogP) is 0.885. The fourth-order valence-corrected chi connectivity index (χ4v) is 0.673. The van der Waals surface area contributed by atoms with Crippen LogP contribution in [0.2, 0.25) is 0 Å². The summed E-state index contributed by atoms with van der Waals surface area (Å²) >= 11 is 0. The van der Waals surface area contributed by atoms with Crippen LogP contribution in [0.15, 0.2) is 30.3 Å². The molecule has 0 heterocycles. The number of benzene rings is 1. The molecule has 4 nitrogen and oxygen atoms in total. The number of hydrogen-bond donors (Lipinski definition) is 2. The van der Waals surface area contributed by atoms with Crippen LogP contribution in [-0.2, 0) is 4.79 Å². The molecule has 1 aromatic rings. The van der Waals surface area contributed by atoms with E-state index in [4.69, 9.17) is 5.84 Å². The van der Waals surface area contributed by atoms with Gasteiger partial charge in [0.05, 0.1) is 0 Å². The molecule has 1 aromatic carbocycles. The number of nitrogen functional groups attached to an aromatic ring is 1. The number of ketones is 1. The summed E-state index contributed by atoms with van der Waals surface area (Å²) < 4.78 is 0. The highest BCUT2D eigenvalue weighted by Gasteiger charge is 1.98. The van der Waals surface area contributed by atoms with Crippen molar-refractivity contribution in [2.75, 3.05) is 0 Å². The number of carbonyl (C=O) groups excluding carboxylic acids is 2. The Morgan fingerprint density at radius 1 is 1.14 bits per heavy atom. The molecule has 4 heteroatoms. The quantitative estimate of drug-likeness (QED) is 0.396. The van der Waals surface area contributed by atoms with Gasteiger partial charge in [-0.05, 0) is 26.0 Å².